The van der Waals surface area contributed by atoms with Crippen LogP contribution < -0.4 is 11.1 Å². The van der Waals surface area contributed by atoms with Crippen molar-refractivity contribution in [2.24, 2.45) is 0 Å². The van der Waals surface area contributed by atoms with Gasteiger partial charge in [0.1, 0.15) is 5.82 Å². The molecule has 0 atom stereocenters. The fourth-order valence-corrected chi connectivity index (χ4v) is 1.39. The van der Waals surface area contributed by atoms with Crippen molar-refractivity contribution in [1.82, 2.24) is 15.1 Å². The molecule has 82 valence electrons. The second kappa shape index (κ2) is 3.92. The molecule has 1 aromatic rings. The van der Waals surface area contributed by atoms with Gasteiger partial charge in [-0.15, -0.1) is 0 Å². The number of aromatic nitrogens is 2. The summed E-state index contributed by atoms with van der Waals surface area (Å²) in [5.74, 6) is 0.641. The number of aryl methyl sites for hydroxylation is 2. The Morgan fingerprint density at radius 3 is 3.00 bits per heavy atom. The van der Waals surface area contributed by atoms with E-state index < -0.39 is 0 Å². The number of nitrogens with zero attached hydrogens (tertiary/aromatic N) is 2. The molecule has 0 bridgehead atoms. The van der Waals surface area contributed by atoms with Gasteiger partial charge in [0, 0.05) is 30.8 Å². The molecule has 1 aliphatic rings. The minimum atomic E-state index is 0.101. The molecule has 2 rings (SSSR count). The lowest BCUT2D eigenvalue weighted by Crippen LogP contribution is -2.26. The van der Waals surface area contributed by atoms with E-state index in [0.717, 1.165) is 18.4 Å². The molecule has 3 N–H and O–H groups in total. The quantitative estimate of drug-likeness (QED) is 0.754. The van der Waals surface area contributed by atoms with E-state index in [0.29, 0.717) is 24.8 Å². The van der Waals surface area contributed by atoms with Gasteiger partial charge in [-0.2, -0.15) is 5.10 Å². The third-order valence-electron chi connectivity index (χ3n) is 2.49. The first-order chi connectivity index (χ1) is 7.15. The lowest BCUT2D eigenvalue weighted by atomic mass is 10.4. The van der Waals surface area contributed by atoms with Crippen LogP contribution in [-0.4, -0.2) is 21.7 Å². The molecule has 1 fully saturated rings. The van der Waals surface area contributed by atoms with E-state index in [1.807, 2.05) is 13.1 Å². The number of hydrogen-bond acceptors (Lipinski definition) is 3. The highest BCUT2D eigenvalue weighted by molar-refractivity contribution is 5.76. The number of carbonyl (C=O) groups is 1. The highest BCUT2D eigenvalue weighted by atomic mass is 16.1. The molecule has 0 spiro atoms. The Hall–Kier alpha value is -1.52. The number of nitrogen functional groups attached to an aromatic ring is 1. The molecule has 0 saturated heterocycles. The molecule has 1 saturated carbocycles. The maximum atomic E-state index is 11.4. The Balaban J connectivity index is 1.78. The Kier molecular flexibility index (Phi) is 2.62. The van der Waals surface area contributed by atoms with Gasteiger partial charge in [0.15, 0.2) is 0 Å². The van der Waals surface area contributed by atoms with Crippen molar-refractivity contribution in [2.75, 3.05) is 5.73 Å². The van der Waals surface area contributed by atoms with Crippen LogP contribution in [-0.2, 0) is 11.3 Å². The molecule has 0 aromatic carbocycles. The normalized spacial score (nSPS) is 15.3. The number of nitrogens with one attached hydrogen (secondary N) is 1. The fraction of sp³-hybridized carbons (Fsp3) is 0.600. The van der Waals surface area contributed by atoms with E-state index in [2.05, 4.69) is 10.4 Å². The van der Waals surface area contributed by atoms with Gasteiger partial charge in [-0.1, -0.05) is 0 Å². The Morgan fingerprint density at radius 2 is 2.47 bits per heavy atom. The van der Waals surface area contributed by atoms with Crippen LogP contribution in [0, 0.1) is 6.92 Å². The standard InChI is InChI=1S/C10H16N4O/c1-7-6-14(13-10(7)11)5-4-9(15)12-8-2-3-8/h6,8H,2-5H2,1H3,(H2,11,13)(H,12,15). The van der Waals surface area contributed by atoms with Crippen LogP contribution in [0.2, 0.25) is 0 Å². The Bertz CT molecular complexity index is 348. The topological polar surface area (TPSA) is 72.9 Å². The van der Waals surface area contributed by atoms with Crippen molar-refractivity contribution < 1.29 is 4.79 Å². The van der Waals surface area contributed by atoms with E-state index in [1.54, 1.807) is 4.68 Å². The van der Waals surface area contributed by atoms with Crippen molar-refractivity contribution in [1.29, 1.82) is 0 Å². The molecule has 1 amide bonds. The zero-order chi connectivity index (χ0) is 10.8. The number of carbonyl (C=O) groups excluding carboxylic acids is 1. The van der Waals surface area contributed by atoms with Crippen LogP contribution in [0.3, 0.4) is 0 Å². The SMILES string of the molecule is Cc1cn(CCC(=O)NC2CC2)nc1N. The van der Waals surface area contributed by atoms with Crippen molar-refractivity contribution in [3.63, 3.8) is 0 Å². The largest absolute Gasteiger partial charge is 0.382 e. The third-order valence-corrected chi connectivity index (χ3v) is 2.49. The first kappa shape index (κ1) is 10.0. The monoisotopic (exact) mass is 208 g/mol. The molecule has 15 heavy (non-hydrogen) atoms. The van der Waals surface area contributed by atoms with Gasteiger partial charge in [0.2, 0.25) is 5.91 Å². The first-order valence-corrected chi connectivity index (χ1v) is 5.24. The van der Waals surface area contributed by atoms with Crippen molar-refractivity contribution >= 4 is 11.7 Å². The van der Waals surface area contributed by atoms with Crippen LogP contribution in [0.4, 0.5) is 5.82 Å². The summed E-state index contributed by atoms with van der Waals surface area (Å²) < 4.78 is 1.72. The lowest BCUT2D eigenvalue weighted by molar-refractivity contribution is -0.121. The van der Waals surface area contributed by atoms with Crippen LogP contribution in [0.15, 0.2) is 6.20 Å². The number of anilines is 1. The van der Waals surface area contributed by atoms with E-state index in [1.165, 1.54) is 0 Å². The maximum absolute atomic E-state index is 11.4. The second-order valence-corrected chi connectivity index (χ2v) is 4.05. The highest BCUT2D eigenvalue weighted by Crippen LogP contribution is 2.18. The molecular weight excluding hydrogens is 192 g/mol. The van der Waals surface area contributed by atoms with E-state index >= 15 is 0 Å². The third kappa shape index (κ3) is 2.71. The zero-order valence-corrected chi connectivity index (χ0v) is 8.86. The van der Waals surface area contributed by atoms with Crippen LogP contribution in [0.25, 0.3) is 0 Å². The van der Waals surface area contributed by atoms with Gasteiger partial charge in [0.25, 0.3) is 0 Å². The van der Waals surface area contributed by atoms with Crippen LogP contribution in [0.1, 0.15) is 24.8 Å². The number of amides is 1. The number of hydrogen-bond donors (Lipinski definition) is 2. The average Bonchev–Trinajstić information content (AvgIpc) is 2.92. The first-order valence-electron chi connectivity index (χ1n) is 5.24. The van der Waals surface area contributed by atoms with Crippen molar-refractivity contribution in [2.45, 2.75) is 38.8 Å². The van der Waals surface area contributed by atoms with Gasteiger partial charge in [-0.05, 0) is 19.8 Å². The van der Waals surface area contributed by atoms with E-state index in [9.17, 15) is 4.79 Å². The molecule has 5 nitrogen and oxygen atoms in total. The average molecular weight is 208 g/mol. The second-order valence-electron chi connectivity index (χ2n) is 4.05. The van der Waals surface area contributed by atoms with Crippen molar-refractivity contribution in [3.05, 3.63) is 11.8 Å². The predicted molar refractivity (Wildman–Crippen MR) is 57.2 cm³/mol. The molecular formula is C10H16N4O. The minimum Gasteiger partial charge on any atom is -0.382 e. The fourth-order valence-electron chi connectivity index (χ4n) is 1.39. The van der Waals surface area contributed by atoms with E-state index in [4.69, 9.17) is 5.73 Å². The summed E-state index contributed by atoms with van der Waals surface area (Å²) >= 11 is 0. The van der Waals surface area contributed by atoms with Crippen LogP contribution in [0.5, 0.6) is 0 Å². The smallest absolute Gasteiger partial charge is 0.222 e. The van der Waals surface area contributed by atoms with Gasteiger partial charge < -0.3 is 11.1 Å². The highest BCUT2D eigenvalue weighted by Gasteiger charge is 2.22. The zero-order valence-electron chi connectivity index (χ0n) is 8.86. The van der Waals surface area contributed by atoms with Gasteiger partial charge in [-0.25, -0.2) is 0 Å². The lowest BCUT2D eigenvalue weighted by Gasteiger charge is -2.02. The summed E-state index contributed by atoms with van der Waals surface area (Å²) in [6.45, 7) is 2.50. The van der Waals surface area contributed by atoms with Gasteiger partial charge in [0.05, 0.1) is 0 Å². The number of nitrogens with two attached hydrogens (primary N) is 1. The summed E-state index contributed by atoms with van der Waals surface area (Å²) in [4.78, 5) is 11.4. The molecule has 1 heterocycles. The minimum absolute atomic E-state index is 0.101. The molecule has 1 aliphatic carbocycles. The van der Waals surface area contributed by atoms with E-state index in [-0.39, 0.29) is 5.91 Å². The van der Waals surface area contributed by atoms with Crippen LogP contribution >= 0.6 is 0 Å². The summed E-state index contributed by atoms with van der Waals surface area (Å²) in [5, 5.41) is 7.03. The molecule has 0 radical (unpaired) electrons. The predicted octanol–water partition coefficient (Wildman–Crippen LogP) is 0.442. The van der Waals surface area contributed by atoms with Gasteiger partial charge in [-0.3, -0.25) is 9.48 Å². The summed E-state index contributed by atoms with van der Waals surface area (Å²) in [6, 6.07) is 0.432. The van der Waals surface area contributed by atoms with Crippen molar-refractivity contribution in [3.8, 4) is 0 Å². The Morgan fingerprint density at radius 1 is 1.73 bits per heavy atom. The van der Waals surface area contributed by atoms with Gasteiger partial charge >= 0.3 is 0 Å². The maximum Gasteiger partial charge on any atom is 0.222 e. The summed E-state index contributed by atoms with van der Waals surface area (Å²) in [6.07, 6.45) is 4.58. The Labute approximate surface area is 88.6 Å². The summed E-state index contributed by atoms with van der Waals surface area (Å²) in [7, 11) is 0. The molecule has 0 aliphatic heterocycles. The molecule has 0 unspecified atom stereocenters. The molecule has 5 heteroatoms. The number of rotatable bonds is 4. The summed E-state index contributed by atoms with van der Waals surface area (Å²) in [5.41, 5.74) is 6.56. The molecule has 1 aromatic heterocycles.